The van der Waals surface area contributed by atoms with Crippen LogP contribution in [0.3, 0.4) is 0 Å². The lowest BCUT2D eigenvalue weighted by atomic mass is 10.0. The smallest absolute Gasteiger partial charge is 0.237 e. The van der Waals surface area contributed by atoms with Crippen molar-refractivity contribution in [3.8, 4) is 0 Å². The molecule has 0 aliphatic carbocycles. The molecular formula is C14H29N3O. The molecular weight excluding hydrogens is 226 g/mol. The molecule has 0 aromatic carbocycles. The Labute approximate surface area is 111 Å². The van der Waals surface area contributed by atoms with Gasteiger partial charge in [0.2, 0.25) is 5.91 Å². The number of nitrogens with one attached hydrogen (secondary N) is 2. The van der Waals surface area contributed by atoms with Crippen molar-refractivity contribution < 1.29 is 4.79 Å². The number of likely N-dealkylation sites (N-methyl/N-ethyl adjacent to an activating group) is 1. The minimum absolute atomic E-state index is 0.0275. The fourth-order valence-electron chi connectivity index (χ4n) is 2.35. The number of carbonyl (C=O) groups excluding carboxylic acids is 1. The van der Waals surface area contributed by atoms with Crippen LogP contribution >= 0.6 is 0 Å². The lowest BCUT2D eigenvalue weighted by Gasteiger charge is -2.35. The van der Waals surface area contributed by atoms with E-state index < -0.39 is 0 Å². The molecule has 1 aliphatic heterocycles. The maximum Gasteiger partial charge on any atom is 0.237 e. The zero-order valence-corrected chi connectivity index (χ0v) is 12.3. The Kier molecular flexibility index (Phi) is 6.65. The van der Waals surface area contributed by atoms with Crippen LogP contribution in [-0.2, 0) is 4.79 Å². The monoisotopic (exact) mass is 255 g/mol. The van der Waals surface area contributed by atoms with E-state index in [1.165, 1.54) is 0 Å². The third-order valence-corrected chi connectivity index (χ3v) is 3.90. The number of amides is 1. The predicted octanol–water partition coefficient (Wildman–Crippen LogP) is 1.22. The molecule has 0 aromatic rings. The van der Waals surface area contributed by atoms with Crippen LogP contribution in [0.5, 0.6) is 0 Å². The molecule has 106 valence electrons. The molecule has 1 amide bonds. The molecule has 4 heteroatoms. The number of nitrogens with zero attached hydrogens (tertiary/aromatic N) is 1. The highest BCUT2D eigenvalue weighted by Gasteiger charge is 2.25. The van der Waals surface area contributed by atoms with E-state index in [0.29, 0.717) is 12.0 Å². The SMILES string of the molecule is CC(C)CCNC(=O)C(C)N(C)C1CCNCC1. The third kappa shape index (κ3) is 4.94. The van der Waals surface area contributed by atoms with E-state index in [1.807, 2.05) is 6.92 Å². The van der Waals surface area contributed by atoms with Crippen LogP contribution < -0.4 is 10.6 Å². The average Bonchev–Trinajstić information content (AvgIpc) is 2.37. The van der Waals surface area contributed by atoms with Crippen LogP contribution in [-0.4, -0.2) is 49.6 Å². The Balaban J connectivity index is 2.32. The molecule has 18 heavy (non-hydrogen) atoms. The number of hydrogen-bond acceptors (Lipinski definition) is 3. The van der Waals surface area contributed by atoms with Gasteiger partial charge in [-0.2, -0.15) is 0 Å². The first-order valence-electron chi connectivity index (χ1n) is 7.22. The Morgan fingerprint density at radius 1 is 1.33 bits per heavy atom. The predicted molar refractivity (Wildman–Crippen MR) is 75.6 cm³/mol. The van der Waals surface area contributed by atoms with Crippen LogP contribution in [0.15, 0.2) is 0 Å². The van der Waals surface area contributed by atoms with Crippen molar-refractivity contribution >= 4 is 5.91 Å². The first kappa shape index (κ1) is 15.4. The van der Waals surface area contributed by atoms with E-state index in [0.717, 1.165) is 38.9 Å². The van der Waals surface area contributed by atoms with Gasteiger partial charge in [0.15, 0.2) is 0 Å². The summed E-state index contributed by atoms with van der Waals surface area (Å²) in [6.45, 7) is 9.29. The highest BCUT2D eigenvalue weighted by molar-refractivity contribution is 5.81. The second-order valence-corrected chi connectivity index (χ2v) is 5.80. The van der Waals surface area contributed by atoms with E-state index >= 15 is 0 Å². The normalized spacial score (nSPS) is 19.2. The van der Waals surface area contributed by atoms with E-state index in [1.54, 1.807) is 0 Å². The molecule has 0 bridgehead atoms. The summed E-state index contributed by atoms with van der Waals surface area (Å²) in [6, 6.07) is 0.511. The minimum Gasteiger partial charge on any atom is -0.355 e. The van der Waals surface area contributed by atoms with Gasteiger partial charge in [-0.3, -0.25) is 9.69 Å². The third-order valence-electron chi connectivity index (χ3n) is 3.90. The molecule has 4 nitrogen and oxygen atoms in total. The Morgan fingerprint density at radius 2 is 1.94 bits per heavy atom. The van der Waals surface area contributed by atoms with Crippen molar-refractivity contribution in [2.24, 2.45) is 5.92 Å². The van der Waals surface area contributed by atoms with Crippen molar-refractivity contribution in [2.75, 3.05) is 26.7 Å². The molecule has 2 N–H and O–H groups in total. The van der Waals surface area contributed by atoms with Crippen LogP contribution in [0.4, 0.5) is 0 Å². The molecule has 0 spiro atoms. The summed E-state index contributed by atoms with van der Waals surface area (Å²) in [6.07, 6.45) is 3.33. The van der Waals surface area contributed by atoms with Gasteiger partial charge in [0.25, 0.3) is 0 Å². The lowest BCUT2D eigenvalue weighted by Crippen LogP contribution is -2.50. The van der Waals surface area contributed by atoms with Gasteiger partial charge < -0.3 is 10.6 Å². The first-order valence-corrected chi connectivity index (χ1v) is 7.22. The van der Waals surface area contributed by atoms with E-state index in [4.69, 9.17) is 0 Å². The van der Waals surface area contributed by atoms with E-state index in [-0.39, 0.29) is 11.9 Å². The second kappa shape index (κ2) is 7.74. The Morgan fingerprint density at radius 3 is 2.50 bits per heavy atom. The molecule has 1 saturated heterocycles. The largest absolute Gasteiger partial charge is 0.355 e. The number of rotatable bonds is 6. The topological polar surface area (TPSA) is 44.4 Å². The second-order valence-electron chi connectivity index (χ2n) is 5.80. The van der Waals surface area contributed by atoms with Crippen LogP contribution in [0.2, 0.25) is 0 Å². The van der Waals surface area contributed by atoms with Gasteiger partial charge in [-0.05, 0) is 52.2 Å². The minimum atomic E-state index is -0.0275. The first-order chi connectivity index (χ1) is 8.52. The van der Waals surface area contributed by atoms with Crippen molar-refractivity contribution in [1.82, 2.24) is 15.5 Å². The number of carbonyl (C=O) groups is 1. The highest BCUT2D eigenvalue weighted by atomic mass is 16.2. The summed E-state index contributed by atoms with van der Waals surface area (Å²) in [5.41, 5.74) is 0. The Bertz CT molecular complexity index is 249. The average molecular weight is 255 g/mol. The van der Waals surface area contributed by atoms with E-state index in [2.05, 4.69) is 36.4 Å². The molecule has 1 heterocycles. The maximum atomic E-state index is 12.0. The molecule has 0 saturated carbocycles. The zero-order chi connectivity index (χ0) is 13.5. The summed E-state index contributed by atoms with van der Waals surface area (Å²) < 4.78 is 0. The molecule has 1 atom stereocenters. The summed E-state index contributed by atoms with van der Waals surface area (Å²) in [5.74, 6) is 0.805. The van der Waals surface area contributed by atoms with Crippen molar-refractivity contribution in [3.05, 3.63) is 0 Å². The number of piperidine rings is 1. The fourth-order valence-corrected chi connectivity index (χ4v) is 2.35. The molecule has 0 radical (unpaired) electrons. The standard InChI is InChI=1S/C14H29N3O/c1-11(2)5-10-16-14(18)12(3)17(4)13-6-8-15-9-7-13/h11-13,15H,5-10H2,1-4H3,(H,16,18). The van der Waals surface area contributed by atoms with Gasteiger partial charge in [-0.25, -0.2) is 0 Å². The van der Waals surface area contributed by atoms with E-state index in [9.17, 15) is 4.79 Å². The molecule has 1 rings (SSSR count). The van der Waals surface area contributed by atoms with Crippen LogP contribution in [0.25, 0.3) is 0 Å². The lowest BCUT2D eigenvalue weighted by molar-refractivity contribution is -0.126. The maximum absolute atomic E-state index is 12.0. The van der Waals surface area contributed by atoms with Crippen LogP contribution in [0.1, 0.15) is 40.0 Å². The number of hydrogen-bond donors (Lipinski definition) is 2. The zero-order valence-electron chi connectivity index (χ0n) is 12.3. The van der Waals surface area contributed by atoms with Gasteiger partial charge in [-0.1, -0.05) is 13.8 Å². The summed E-state index contributed by atoms with van der Waals surface area (Å²) >= 11 is 0. The van der Waals surface area contributed by atoms with Gasteiger partial charge in [0, 0.05) is 12.6 Å². The summed E-state index contributed by atoms with van der Waals surface area (Å²) in [7, 11) is 2.07. The quantitative estimate of drug-likeness (QED) is 0.750. The van der Waals surface area contributed by atoms with Gasteiger partial charge in [0.05, 0.1) is 6.04 Å². The van der Waals surface area contributed by atoms with Crippen molar-refractivity contribution in [2.45, 2.75) is 52.1 Å². The molecule has 1 aliphatic rings. The van der Waals surface area contributed by atoms with Crippen molar-refractivity contribution in [3.63, 3.8) is 0 Å². The van der Waals surface area contributed by atoms with Gasteiger partial charge in [0.1, 0.15) is 0 Å². The van der Waals surface area contributed by atoms with Gasteiger partial charge >= 0.3 is 0 Å². The summed E-state index contributed by atoms with van der Waals surface area (Å²) in [4.78, 5) is 14.3. The molecule has 0 aromatic heterocycles. The Hall–Kier alpha value is -0.610. The summed E-state index contributed by atoms with van der Waals surface area (Å²) in [5, 5.41) is 6.39. The van der Waals surface area contributed by atoms with Crippen LogP contribution in [0, 0.1) is 5.92 Å². The fraction of sp³-hybridized carbons (Fsp3) is 0.929. The molecule has 1 unspecified atom stereocenters. The van der Waals surface area contributed by atoms with Gasteiger partial charge in [-0.15, -0.1) is 0 Å². The van der Waals surface area contributed by atoms with Crippen molar-refractivity contribution in [1.29, 1.82) is 0 Å². The molecule has 1 fully saturated rings. The highest BCUT2D eigenvalue weighted by Crippen LogP contribution is 2.13.